The molecule has 0 bridgehead atoms. The predicted octanol–water partition coefficient (Wildman–Crippen LogP) is 5.89. The number of Topliss-reactive ketones (excluding diaryl/α,β-unsaturated/α-hetero) is 1. The molecule has 6 heteroatoms. The van der Waals surface area contributed by atoms with Crippen LogP contribution < -0.4 is 5.32 Å². The van der Waals surface area contributed by atoms with Crippen molar-refractivity contribution in [1.29, 1.82) is 0 Å². The van der Waals surface area contributed by atoms with Gasteiger partial charge in [-0.2, -0.15) is 0 Å². The van der Waals surface area contributed by atoms with E-state index in [0.717, 1.165) is 27.5 Å². The fourth-order valence-corrected chi connectivity index (χ4v) is 5.24. The molecule has 1 unspecified atom stereocenters. The van der Waals surface area contributed by atoms with Gasteiger partial charge < -0.3 is 9.88 Å². The Morgan fingerprint density at radius 3 is 2.17 bits per heavy atom. The van der Waals surface area contributed by atoms with Gasteiger partial charge in [0, 0.05) is 22.6 Å². The molecule has 1 N–H and O–H groups in total. The minimum absolute atomic E-state index is 0.158. The average Bonchev–Trinajstić information content (AvgIpc) is 3.27. The Balaban J connectivity index is 1.62. The van der Waals surface area contributed by atoms with Gasteiger partial charge >= 0.3 is 6.03 Å². The molecule has 36 heavy (non-hydrogen) atoms. The van der Waals surface area contributed by atoms with Crippen molar-refractivity contribution in [1.82, 2.24) is 14.8 Å². The van der Waals surface area contributed by atoms with E-state index < -0.39 is 11.6 Å². The molecule has 1 fully saturated rings. The van der Waals surface area contributed by atoms with E-state index in [1.165, 1.54) is 5.56 Å². The molecule has 3 amide bonds. The highest BCUT2D eigenvalue weighted by atomic mass is 16.2. The maximum atomic E-state index is 13.7. The summed E-state index contributed by atoms with van der Waals surface area (Å²) in [5.74, 6) is -0.0408. The minimum Gasteiger partial charge on any atom is -0.319 e. The third-order valence-electron chi connectivity index (χ3n) is 7.01. The van der Waals surface area contributed by atoms with Crippen LogP contribution in [0.15, 0.2) is 60.7 Å². The van der Waals surface area contributed by atoms with Gasteiger partial charge in [-0.3, -0.25) is 14.5 Å². The SMILES string of the molecule is Cc1cc(C(=O)CN2C(=O)NC(CC(C)C)(c3ccccc3)C2=O)c(C)n1-c1ccc(C(C)C)cc1. The number of hydrogen-bond donors (Lipinski definition) is 1. The second-order valence-electron chi connectivity index (χ2n) is 10.5. The lowest BCUT2D eigenvalue weighted by Gasteiger charge is -2.29. The van der Waals surface area contributed by atoms with Crippen LogP contribution >= 0.6 is 0 Å². The van der Waals surface area contributed by atoms with Gasteiger partial charge in [-0.25, -0.2) is 4.79 Å². The molecule has 2 aromatic carbocycles. The molecule has 1 atom stereocenters. The maximum Gasteiger partial charge on any atom is 0.325 e. The maximum absolute atomic E-state index is 13.7. The highest BCUT2D eigenvalue weighted by Crippen LogP contribution is 2.35. The number of urea groups is 1. The molecule has 4 rings (SSSR count). The topological polar surface area (TPSA) is 71.4 Å². The van der Waals surface area contributed by atoms with Gasteiger partial charge in [0.1, 0.15) is 5.54 Å². The summed E-state index contributed by atoms with van der Waals surface area (Å²) in [7, 11) is 0. The molecule has 188 valence electrons. The van der Waals surface area contributed by atoms with Crippen molar-refractivity contribution in [3.63, 3.8) is 0 Å². The lowest BCUT2D eigenvalue weighted by molar-refractivity contribution is -0.132. The molecule has 1 aliphatic heterocycles. The van der Waals surface area contributed by atoms with E-state index in [1.54, 1.807) is 0 Å². The quantitative estimate of drug-likeness (QED) is 0.319. The summed E-state index contributed by atoms with van der Waals surface area (Å²) in [4.78, 5) is 41.2. The number of benzene rings is 2. The first-order valence-corrected chi connectivity index (χ1v) is 12.6. The van der Waals surface area contributed by atoms with Crippen molar-refractivity contribution in [2.45, 2.75) is 59.4 Å². The van der Waals surface area contributed by atoms with Gasteiger partial charge in [0.2, 0.25) is 0 Å². The molecule has 0 radical (unpaired) electrons. The monoisotopic (exact) mass is 485 g/mol. The Morgan fingerprint density at radius 1 is 0.944 bits per heavy atom. The van der Waals surface area contributed by atoms with Crippen molar-refractivity contribution in [3.8, 4) is 5.69 Å². The summed E-state index contributed by atoms with van der Waals surface area (Å²) in [5.41, 5.74) is 4.02. The number of hydrogen-bond acceptors (Lipinski definition) is 3. The molecule has 6 nitrogen and oxygen atoms in total. The number of carbonyl (C=O) groups is 3. The van der Waals surface area contributed by atoms with E-state index in [-0.39, 0.29) is 24.2 Å². The van der Waals surface area contributed by atoms with Gasteiger partial charge in [0.25, 0.3) is 5.91 Å². The van der Waals surface area contributed by atoms with Crippen molar-refractivity contribution >= 4 is 17.7 Å². The second-order valence-corrected chi connectivity index (χ2v) is 10.5. The van der Waals surface area contributed by atoms with E-state index >= 15 is 0 Å². The third kappa shape index (κ3) is 4.48. The Morgan fingerprint density at radius 2 is 1.58 bits per heavy atom. The van der Waals surface area contributed by atoms with E-state index in [2.05, 4.69) is 43.4 Å². The number of nitrogens with zero attached hydrogens (tertiary/aromatic N) is 2. The van der Waals surface area contributed by atoms with Crippen molar-refractivity contribution in [2.75, 3.05) is 6.54 Å². The average molecular weight is 486 g/mol. The summed E-state index contributed by atoms with van der Waals surface area (Å²) in [6, 6.07) is 18.9. The number of nitrogens with one attached hydrogen (secondary N) is 1. The summed E-state index contributed by atoms with van der Waals surface area (Å²) in [5, 5.41) is 2.92. The van der Waals surface area contributed by atoms with Crippen LogP contribution in [0.25, 0.3) is 5.69 Å². The fraction of sp³-hybridized carbons (Fsp3) is 0.367. The van der Waals surface area contributed by atoms with Crippen LogP contribution in [-0.4, -0.2) is 33.7 Å². The van der Waals surface area contributed by atoms with Crippen LogP contribution in [0.3, 0.4) is 0 Å². The number of amides is 3. The number of aromatic nitrogens is 1. The predicted molar refractivity (Wildman–Crippen MR) is 141 cm³/mol. The molecule has 1 aliphatic rings. The van der Waals surface area contributed by atoms with Crippen molar-refractivity contribution in [3.05, 3.63) is 88.7 Å². The fourth-order valence-electron chi connectivity index (χ4n) is 5.24. The normalized spacial score (nSPS) is 17.8. The largest absolute Gasteiger partial charge is 0.325 e. The van der Waals surface area contributed by atoms with E-state index in [9.17, 15) is 14.4 Å². The number of carbonyl (C=O) groups excluding carboxylic acids is 3. The third-order valence-corrected chi connectivity index (χ3v) is 7.01. The zero-order chi connectivity index (χ0) is 26.2. The van der Waals surface area contributed by atoms with Gasteiger partial charge in [-0.05, 0) is 61.4 Å². The van der Waals surface area contributed by atoms with Gasteiger partial charge in [0.05, 0.1) is 6.54 Å². The summed E-state index contributed by atoms with van der Waals surface area (Å²) in [6.07, 6.45) is 0.452. The molecule has 0 aliphatic carbocycles. The van der Waals surface area contributed by atoms with Crippen molar-refractivity contribution in [2.24, 2.45) is 5.92 Å². The zero-order valence-electron chi connectivity index (χ0n) is 22.0. The van der Waals surface area contributed by atoms with E-state index in [1.807, 2.05) is 68.7 Å². The van der Waals surface area contributed by atoms with Crippen LogP contribution in [-0.2, 0) is 10.3 Å². The summed E-state index contributed by atoms with van der Waals surface area (Å²) >= 11 is 0. The van der Waals surface area contributed by atoms with Crippen LogP contribution in [0.5, 0.6) is 0 Å². The van der Waals surface area contributed by atoms with Crippen molar-refractivity contribution < 1.29 is 14.4 Å². The molecular weight excluding hydrogens is 450 g/mol. The Labute approximate surface area is 213 Å². The van der Waals surface area contributed by atoms with Crippen LogP contribution in [0, 0.1) is 19.8 Å². The van der Waals surface area contributed by atoms with Gasteiger partial charge in [0.15, 0.2) is 5.78 Å². The van der Waals surface area contributed by atoms with Gasteiger partial charge in [-0.15, -0.1) is 0 Å². The second kappa shape index (κ2) is 9.76. The number of aryl methyl sites for hydroxylation is 1. The van der Waals surface area contributed by atoms with Crippen LogP contribution in [0.4, 0.5) is 4.79 Å². The van der Waals surface area contributed by atoms with Gasteiger partial charge in [-0.1, -0.05) is 70.2 Å². The smallest absolute Gasteiger partial charge is 0.319 e. The first-order chi connectivity index (χ1) is 17.0. The Kier molecular flexibility index (Phi) is 6.90. The minimum atomic E-state index is -1.16. The molecule has 0 saturated carbocycles. The van der Waals surface area contributed by atoms with Crippen LogP contribution in [0.2, 0.25) is 0 Å². The lowest BCUT2D eigenvalue weighted by Crippen LogP contribution is -2.45. The van der Waals surface area contributed by atoms with Crippen LogP contribution in [0.1, 0.15) is 72.9 Å². The highest BCUT2D eigenvalue weighted by Gasteiger charge is 2.52. The summed E-state index contributed by atoms with van der Waals surface area (Å²) < 4.78 is 2.04. The van der Waals surface area contributed by atoms with E-state index in [4.69, 9.17) is 0 Å². The number of ketones is 1. The summed E-state index contributed by atoms with van der Waals surface area (Å²) in [6.45, 7) is 11.9. The first kappa shape index (κ1) is 25.4. The lowest BCUT2D eigenvalue weighted by atomic mass is 9.82. The Bertz CT molecular complexity index is 1290. The molecule has 1 saturated heterocycles. The zero-order valence-corrected chi connectivity index (χ0v) is 22.0. The number of imide groups is 1. The number of rotatable bonds is 8. The molecule has 3 aromatic rings. The molecule has 2 heterocycles. The molecule has 1 aromatic heterocycles. The first-order valence-electron chi connectivity index (χ1n) is 12.6. The molecule has 0 spiro atoms. The molecular formula is C30H35N3O3. The highest BCUT2D eigenvalue weighted by molar-refractivity contribution is 6.11. The van der Waals surface area contributed by atoms with E-state index in [0.29, 0.717) is 17.9 Å². The standard InChI is InChI=1S/C30H35N3O3/c1-19(2)17-30(24-10-8-7-9-11-24)28(35)32(29(36)31-30)18-27(34)26-16-21(5)33(22(26)6)25-14-12-23(13-15-25)20(3)4/h7-16,19-20H,17-18H2,1-6H3,(H,31,36). The Hall–Kier alpha value is -3.67.